The van der Waals surface area contributed by atoms with Crippen LogP contribution >= 0.6 is 0 Å². The van der Waals surface area contributed by atoms with Crippen molar-refractivity contribution >= 4 is 15.7 Å². The average Bonchev–Trinajstić information content (AvgIpc) is 2.64. The Labute approximate surface area is 158 Å². The quantitative estimate of drug-likeness (QED) is 0.445. The van der Waals surface area contributed by atoms with Crippen LogP contribution in [0.15, 0.2) is 53.4 Å². The highest BCUT2D eigenvalue weighted by Crippen LogP contribution is 2.31. The van der Waals surface area contributed by atoms with Crippen LogP contribution in [-0.2, 0) is 16.2 Å². The molecular formula is C17H13F3N2O5S. The first-order valence-corrected chi connectivity index (χ1v) is 9.08. The highest BCUT2D eigenvalue weighted by Gasteiger charge is 2.30. The topological polar surface area (TPSA) is 98.5 Å². The highest BCUT2D eigenvalue weighted by atomic mass is 32.2. The van der Waals surface area contributed by atoms with Gasteiger partial charge in [0.05, 0.1) is 21.9 Å². The number of benzene rings is 2. The number of ether oxygens (including phenoxy) is 1. The highest BCUT2D eigenvalue weighted by molar-refractivity contribution is 7.89. The Bertz CT molecular complexity index is 1030. The van der Waals surface area contributed by atoms with Gasteiger partial charge in [0.25, 0.3) is 5.69 Å². The van der Waals surface area contributed by atoms with Crippen molar-refractivity contribution in [2.24, 2.45) is 0 Å². The maximum absolute atomic E-state index is 12.6. The largest absolute Gasteiger partial charge is 0.481 e. The summed E-state index contributed by atoms with van der Waals surface area (Å²) in [6.45, 7) is -0.559. The monoisotopic (exact) mass is 414 g/mol. The van der Waals surface area contributed by atoms with Crippen LogP contribution in [0.25, 0.3) is 0 Å². The molecule has 0 atom stereocenters. The molecule has 0 amide bonds. The third-order valence-corrected chi connectivity index (χ3v) is 4.69. The van der Waals surface area contributed by atoms with E-state index >= 15 is 0 Å². The van der Waals surface area contributed by atoms with Crippen LogP contribution in [0.5, 0.6) is 5.75 Å². The summed E-state index contributed by atoms with van der Waals surface area (Å²) in [6, 6.07) is 8.76. The Morgan fingerprint density at radius 3 is 2.50 bits per heavy atom. The molecule has 0 aliphatic carbocycles. The summed E-state index contributed by atoms with van der Waals surface area (Å²) in [5.41, 5.74) is -1.23. The number of nitro groups is 1. The van der Waals surface area contributed by atoms with Crippen LogP contribution < -0.4 is 9.46 Å². The molecule has 0 aliphatic rings. The Morgan fingerprint density at radius 2 is 1.82 bits per heavy atom. The zero-order valence-electron chi connectivity index (χ0n) is 14.1. The summed E-state index contributed by atoms with van der Waals surface area (Å²) in [5.74, 6) is 4.87. The van der Waals surface area contributed by atoms with Gasteiger partial charge in [-0.05, 0) is 24.3 Å². The van der Waals surface area contributed by atoms with Gasteiger partial charge in [-0.1, -0.05) is 24.0 Å². The first-order valence-electron chi connectivity index (χ1n) is 7.59. The summed E-state index contributed by atoms with van der Waals surface area (Å²) >= 11 is 0. The lowest BCUT2D eigenvalue weighted by Crippen LogP contribution is -2.24. The van der Waals surface area contributed by atoms with E-state index in [2.05, 4.69) is 16.6 Å². The van der Waals surface area contributed by atoms with E-state index < -0.39 is 26.7 Å². The molecule has 0 aromatic heterocycles. The van der Waals surface area contributed by atoms with Crippen molar-refractivity contribution < 1.29 is 31.2 Å². The molecule has 0 saturated carbocycles. The molecule has 2 rings (SSSR count). The number of halogens is 3. The third kappa shape index (κ3) is 5.97. The Kier molecular flexibility index (Phi) is 6.61. The van der Waals surface area contributed by atoms with Gasteiger partial charge in [-0.15, -0.1) is 0 Å². The summed E-state index contributed by atoms with van der Waals surface area (Å²) < 4.78 is 69.1. The first-order chi connectivity index (χ1) is 13.1. The SMILES string of the molecule is O=[N+]([O-])c1cccc(S(=O)(=O)NCC#CCOc2cccc(C(F)(F)F)c2)c1. The van der Waals surface area contributed by atoms with Gasteiger partial charge in [-0.25, -0.2) is 8.42 Å². The van der Waals surface area contributed by atoms with E-state index in [1.165, 1.54) is 24.3 Å². The minimum atomic E-state index is -4.49. The van der Waals surface area contributed by atoms with E-state index in [-0.39, 0.29) is 29.5 Å². The molecule has 0 radical (unpaired) electrons. The third-order valence-electron chi connectivity index (χ3n) is 3.29. The van der Waals surface area contributed by atoms with E-state index in [9.17, 15) is 31.7 Å². The Balaban J connectivity index is 1.90. The molecule has 28 heavy (non-hydrogen) atoms. The zero-order chi connectivity index (χ0) is 20.8. The minimum absolute atomic E-state index is 0.0266. The van der Waals surface area contributed by atoms with Crippen LogP contribution in [0, 0.1) is 22.0 Å². The van der Waals surface area contributed by atoms with Gasteiger partial charge in [0, 0.05) is 12.1 Å². The normalized spacial score (nSPS) is 11.4. The lowest BCUT2D eigenvalue weighted by molar-refractivity contribution is -0.385. The van der Waals surface area contributed by atoms with E-state index in [0.717, 1.165) is 24.3 Å². The van der Waals surface area contributed by atoms with Crippen molar-refractivity contribution in [2.75, 3.05) is 13.2 Å². The Morgan fingerprint density at radius 1 is 1.11 bits per heavy atom. The average molecular weight is 414 g/mol. The molecule has 0 aliphatic heterocycles. The smallest absolute Gasteiger partial charge is 0.416 e. The Hall–Kier alpha value is -3.10. The van der Waals surface area contributed by atoms with Gasteiger partial charge in [-0.3, -0.25) is 10.1 Å². The standard InChI is InChI=1S/C17H13F3N2O5S/c18-17(19,20)13-5-3-7-15(11-13)27-10-2-1-9-21-28(25,26)16-8-4-6-14(12-16)22(23)24/h3-8,11-12,21H,9-10H2. The fourth-order valence-electron chi connectivity index (χ4n) is 1.97. The number of nitro benzene ring substituents is 1. The second kappa shape index (κ2) is 8.73. The summed E-state index contributed by atoms with van der Waals surface area (Å²) in [7, 11) is -4.00. The summed E-state index contributed by atoms with van der Waals surface area (Å²) in [4.78, 5) is 9.69. The second-order valence-electron chi connectivity index (χ2n) is 5.25. The number of nitrogens with one attached hydrogen (secondary N) is 1. The minimum Gasteiger partial charge on any atom is -0.481 e. The van der Waals surface area contributed by atoms with Crippen LogP contribution in [0.2, 0.25) is 0 Å². The van der Waals surface area contributed by atoms with Crippen molar-refractivity contribution in [1.29, 1.82) is 0 Å². The van der Waals surface area contributed by atoms with Crippen LogP contribution in [0.3, 0.4) is 0 Å². The molecule has 0 unspecified atom stereocenters. The van der Waals surface area contributed by atoms with Crippen LogP contribution in [0.4, 0.5) is 18.9 Å². The van der Waals surface area contributed by atoms with Gasteiger partial charge in [0.15, 0.2) is 0 Å². The fourth-order valence-corrected chi connectivity index (χ4v) is 2.94. The number of rotatable bonds is 6. The lowest BCUT2D eigenvalue weighted by Gasteiger charge is -2.08. The molecule has 11 heteroatoms. The molecule has 1 N–H and O–H groups in total. The molecule has 2 aromatic carbocycles. The van der Waals surface area contributed by atoms with E-state index in [1.807, 2.05) is 0 Å². The lowest BCUT2D eigenvalue weighted by atomic mass is 10.2. The number of sulfonamides is 1. The predicted octanol–water partition coefficient (Wildman–Crippen LogP) is 2.97. The van der Waals surface area contributed by atoms with E-state index in [4.69, 9.17) is 4.74 Å². The van der Waals surface area contributed by atoms with Crippen LogP contribution in [0.1, 0.15) is 5.56 Å². The van der Waals surface area contributed by atoms with Gasteiger partial charge < -0.3 is 4.74 Å². The number of alkyl halides is 3. The molecule has 0 spiro atoms. The number of hydrogen-bond donors (Lipinski definition) is 1. The van der Waals surface area contributed by atoms with Crippen molar-refractivity contribution in [3.63, 3.8) is 0 Å². The maximum Gasteiger partial charge on any atom is 0.416 e. The molecule has 7 nitrogen and oxygen atoms in total. The molecule has 2 aromatic rings. The number of non-ortho nitro benzene ring substituents is 1. The van der Waals surface area contributed by atoms with Gasteiger partial charge in [-0.2, -0.15) is 17.9 Å². The van der Waals surface area contributed by atoms with Crippen molar-refractivity contribution in [2.45, 2.75) is 11.1 Å². The summed E-state index contributed by atoms with van der Waals surface area (Å²) in [6.07, 6.45) is -4.49. The molecule has 0 saturated heterocycles. The number of nitrogens with zero attached hydrogens (tertiary/aromatic N) is 1. The van der Waals surface area contributed by atoms with Crippen LogP contribution in [-0.4, -0.2) is 26.5 Å². The zero-order valence-corrected chi connectivity index (χ0v) is 14.9. The van der Waals surface area contributed by atoms with Crippen molar-refractivity contribution in [3.8, 4) is 17.6 Å². The first kappa shape index (κ1) is 21.2. The molecule has 0 bridgehead atoms. The van der Waals surface area contributed by atoms with Gasteiger partial charge >= 0.3 is 6.18 Å². The molecule has 0 fully saturated rings. The van der Waals surface area contributed by atoms with Crippen molar-refractivity contribution in [1.82, 2.24) is 4.72 Å². The van der Waals surface area contributed by atoms with Gasteiger partial charge in [0.1, 0.15) is 12.4 Å². The van der Waals surface area contributed by atoms with E-state index in [1.54, 1.807) is 0 Å². The number of hydrogen-bond acceptors (Lipinski definition) is 5. The second-order valence-corrected chi connectivity index (χ2v) is 7.01. The predicted molar refractivity (Wildman–Crippen MR) is 93.0 cm³/mol. The molecule has 0 heterocycles. The molecule has 148 valence electrons. The maximum atomic E-state index is 12.6. The van der Waals surface area contributed by atoms with Crippen molar-refractivity contribution in [3.05, 3.63) is 64.2 Å². The van der Waals surface area contributed by atoms with Gasteiger partial charge in [0.2, 0.25) is 10.0 Å². The van der Waals surface area contributed by atoms with E-state index in [0.29, 0.717) is 0 Å². The fraction of sp³-hybridized carbons (Fsp3) is 0.176. The molecular weight excluding hydrogens is 401 g/mol. The summed E-state index contributed by atoms with van der Waals surface area (Å²) in [5, 5.41) is 10.7.